The van der Waals surface area contributed by atoms with Crippen LogP contribution in [0.25, 0.3) is 0 Å². The number of urea groups is 1. The van der Waals surface area contributed by atoms with E-state index in [0.717, 1.165) is 0 Å². The number of benzene rings is 1. The first kappa shape index (κ1) is 19.6. The minimum Gasteiger partial charge on any atom is -0.489 e. The number of rotatable bonds is 4. The van der Waals surface area contributed by atoms with Crippen molar-refractivity contribution < 1.29 is 22.3 Å². The fraction of sp³-hybridized carbons (Fsp3) is 0.333. The molecule has 2 amide bonds. The summed E-state index contributed by atoms with van der Waals surface area (Å²) in [6.45, 7) is 0.616. The van der Waals surface area contributed by atoms with Crippen LogP contribution < -0.4 is 15.4 Å². The molecule has 11 heteroatoms. The van der Waals surface area contributed by atoms with E-state index in [1.165, 1.54) is 33.0 Å². The molecule has 2 fully saturated rings. The van der Waals surface area contributed by atoms with Gasteiger partial charge in [-0.05, 0) is 18.2 Å². The zero-order valence-corrected chi connectivity index (χ0v) is 16.4. The first-order chi connectivity index (χ1) is 13.8. The van der Waals surface area contributed by atoms with Gasteiger partial charge >= 0.3 is 6.03 Å². The average Bonchev–Trinajstić information content (AvgIpc) is 3.12. The molecule has 1 unspecified atom stereocenters. The van der Waals surface area contributed by atoms with Gasteiger partial charge in [-0.1, -0.05) is 0 Å². The summed E-state index contributed by atoms with van der Waals surface area (Å²) < 4.78 is 47.0. The van der Waals surface area contributed by atoms with Crippen molar-refractivity contribution >= 4 is 27.6 Å². The van der Waals surface area contributed by atoms with Gasteiger partial charge in [-0.2, -0.15) is 17.0 Å². The van der Waals surface area contributed by atoms with Gasteiger partial charge in [0.05, 0.1) is 18.4 Å². The molecule has 0 bridgehead atoms. The van der Waals surface area contributed by atoms with Crippen molar-refractivity contribution in [1.82, 2.24) is 13.6 Å². The highest BCUT2D eigenvalue weighted by molar-refractivity contribution is 7.87. The third kappa shape index (κ3) is 4.16. The quantitative estimate of drug-likeness (QED) is 0.785. The largest absolute Gasteiger partial charge is 0.489 e. The van der Waals surface area contributed by atoms with E-state index in [0.29, 0.717) is 18.7 Å². The molecule has 2 aliphatic heterocycles. The summed E-state index contributed by atoms with van der Waals surface area (Å²) >= 11 is 0. The second kappa shape index (κ2) is 7.58. The van der Waals surface area contributed by atoms with Gasteiger partial charge in [-0.25, -0.2) is 9.18 Å². The van der Waals surface area contributed by atoms with Crippen LogP contribution in [0, 0.1) is 5.82 Å². The number of amides is 2. The molecule has 3 heterocycles. The van der Waals surface area contributed by atoms with Gasteiger partial charge in [0.25, 0.3) is 10.2 Å². The standard InChI is InChI=1S/C18H20FN5O4S/c1-23-10-15-8-17(11-24(15)29(23,26)27)28-16-6-12(19)5-14(7-16)22-18(25)21-13-3-2-4-20-9-13/h2-7,9,15,17H,8,10-11H2,1H3,(H2,21,22,25)/t15?,17-/m0/s1. The Bertz CT molecular complexity index is 1020. The lowest BCUT2D eigenvalue weighted by atomic mass is 10.2. The lowest BCUT2D eigenvalue weighted by molar-refractivity contribution is 0.211. The van der Waals surface area contributed by atoms with Gasteiger partial charge < -0.3 is 15.4 Å². The van der Waals surface area contributed by atoms with Crippen LogP contribution in [0.2, 0.25) is 0 Å². The number of ether oxygens (including phenoxy) is 1. The van der Waals surface area contributed by atoms with Crippen LogP contribution in [-0.2, 0) is 10.2 Å². The lowest BCUT2D eigenvalue weighted by Crippen LogP contribution is -2.34. The number of hydrogen-bond donors (Lipinski definition) is 2. The zero-order valence-electron chi connectivity index (χ0n) is 15.6. The molecule has 154 valence electrons. The number of likely N-dealkylation sites (N-methyl/N-ethyl adjacent to an activating group) is 1. The first-order valence-electron chi connectivity index (χ1n) is 8.99. The second-order valence-corrected chi connectivity index (χ2v) is 8.97. The number of carbonyl (C=O) groups excluding carboxylic acids is 1. The Kier molecular flexibility index (Phi) is 5.11. The number of pyridine rings is 1. The molecule has 0 radical (unpaired) electrons. The van der Waals surface area contributed by atoms with E-state index >= 15 is 0 Å². The van der Waals surface area contributed by atoms with E-state index < -0.39 is 22.1 Å². The van der Waals surface area contributed by atoms with Gasteiger partial charge in [-0.3, -0.25) is 4.98 Å². The van der Waals surface area contributed by atoms with E-state index in [1.54, 1.807) is 25.4 Å². The molecule has 0 aliphatic carbocycles. The minimum absolute atomic E-state index is 0.147. The van der Waals surface area contributed by atoms with Gasteiger partial charge in [0, 0.05) is 50.1 Å². The number of fused-ring (bicyclic) bond motifs is 1. The molecular weight excluding hydrogens is 401 g/mol. The molecule has 2 aliphatic rings. The summed E-state index contributed by atoms with van der Waals surface area (Å²) in [6, 6.07) is 6.52. The second-order valence-electron chi connectivity index (χ2n) is 6.98. The number of carbonyl (C=O) groups is 1. The molecule has 2 aromatic rings. The van der Waals surface area contributed by atoms with E-state index in [9.17, 15) is 17.6 Å². The van der Waals surface area contributed by atoms with Crippen molar-refractivity contribution in [2.45, 2.75) is 18.6 Å². The molecule has 4 rings (SSSR count). The Morgan fingerprint density at radius 2 is 2.03 bits per heavy atom. The number of aromatic nitrogens is 1. The zero-order chi connectivity index (χ0) is 20.6. The first-order valence-corrected chi connectivity index (χ1v) is 10.4. The molecule has 2 saturated heterocycles. The molecule has 29 heavy (non-hydrogen) atoms. The van der Waals surface area contributed by atoms with E-state index in [1.807, 2.05) is 0 Å². The maximum absolute atomic E-state index is 14.0. The molecule has 1 aromatic heterocycles. The summed E-state index contributed by atoms with van der Waals surface area (Å²) in [6.07, 6.45) is 3.19. The summed E-state index contributed by atoms with van der Waals surface area (Å²) in [5, 5.41) is 5.13. The van der Waals surface area contributed by atoms with Crippen molar-refractivity contribution in [2.24, 2.45) is 0 Å². The van der Waals surface area contributed by atoms with Crippen LogP contribution in [-0.4, -0.2) is 60.3 Å². The van der Waals surface area contributed by atoms with Gasteiger partial charge in [0.2, 0.25) is 0 Å². The van der Waals surface area contributed by atoms with Crippen molar-refractivity contribution in [3.63, 3.8) is 0 Å². The van der Waals surface area contributed by atoms with E-state index in [4.69, 9.17) is 4.74 Å². The number of hydrogen-bond acceptors (Lipinski definition) is 5. The molecule has 9 nitrogen and oxygen atoms in total. The Morgan fingerprint density at radius 3 is 2.76 bits per heavy atom. The SMILES string of the molecule is CN1CC2C[C@H](Oc3cc(F)cc(NC(=O)Nc4cccnc4)c3)CN2S1(=O)=O. The summed E-state index contributed by atoms with van der Waals surface area (Å²) in [5.74, 6) is -0.358. The van der Waals surface area contributed by atoms with Crippen molar-refractivity contribution in [3.8, 4) is 5.75 Å². The summed E-state index contributed by atoms with van der Waals surface area (Å²) in [5.41, 5.74) is 0.711. The fourth-order valence-electron chi connectivity index (χ4n) is 3.57. The predicted molar refractivity (Wildman–Crippen MR) is 104 cm³/mol. The topological polar surface area (TPSA) is 104 Å². The highest BCUT2D eigenvalue weighted by Gasteiger charge is 2.48. The number of nitrogens with zero attached hydrogens (tertiary/aromatic N) is 3. The molecule has 0 spiro atoms. The van der Waals surface area contributed by atoms with Gasteiger partial charge in [0.15, 0.2) is 0 Å². The van der Waals surface area contributed by atoms with Crippen molar-refractivity contribution in [3.05, 3.63) is 48.5 Å². The molecule has 0 saturated carbocycles. The Morgan fingerprint density at radius 1 is 1.24 bits per heavy atom. The Balaban J connectivity index is 1.41. The third-order valence-corrected chi connectivity index (χ3v) is 6.81. The number of nitrogens with one attached hydrogen (secondary N) is 2. The number of anilines is 2. The van der Waals surface area contributed by atoms with Crippen molar-refractivity contribution in [1.29, 1.82) is 0 Å². The molecular formula is C18H20FN5O4S. The Hall–Kier alpha value is -2.76. The normalized spacial score (nSPS) is 23.5. The molecule has 1 aromatic carbocycles. The smallest absolute Gasteiger partial charge is 0.323 e. The predicted octanol–water partition coefficient (Wildman–Crippen LogP) is 1.88. The van der Waals surface area contributed by atoms with E-state index in [2.05, 4.69) is 15.6 Å². The summed E-state index contributed by atoms with van der Waals surface area (Å²) in [4.78, 5) is 16.0. The maximum atomic E-state index is 14.0. The monoisotopic (exact) mass is 421 g/mol. The molecule has 2 atom stereocenters. The van der Waals surface area contributed by atoms with Gasteiger partial charge in [-0.15, -0.1) is 0 Å². The third-order valence-electron chi connectivity index (χ3n) is 4.84. The average molecular weight is 421 g/mol. The van der Waals surface area contributed by atoms with Crippen LogP contribution >= 0.6 is 0 Å². The van der Waals surface area contributed by atoms with Crippen LogP contribution in [0.15, 0.2) is 42.7 Å². The maximum Gasteiger partial charge on any atom is 0.323 e. The van der Waals surface area contributed by atoms with Crippen LogP contribution in [0.5, 0.6) is 5.75 Å². The highest BCUT2D eigenvalue weighted by atomic mass is 32.2. The number of halogens is 1. The summed E-state index contributed by atoms with van der Waals surface area (Å²) in [7, 11) is -1.90. The Labute approximate surface area is 167 Å². The van der Waals surface area contributed by atoms with E-state index in [-0.39, 0.29) is 30.1 Å². The van der Waals surface area contributed by atoms with Crippen LogP contribution in [0.1, 0.15) is 6.42 Å². The highest BCUT2D eigenvalue weighted by Crippen LogP contribution is 2.32. The van der Waals surface area contributed by atoms with Crippen molar-refractivity contribution in [2.75, 3.05) is 30.8 Å². The van der Waals surface area contributed by atoms with Crippen LogP contribution in [0.3, 0.4) is 0 Å². The fourth-order valence-corrected chi connectivity index (χ4v) is 5.18. The lowest BCUT2D eigenvalue weighted by Gasteiger charge is -2.18. The molecule has 2 N–H and O–H groups in total. The minimum atomic E-state index is -3.45. The van der Waals surface area contributed by atoms with Gasteiger partial charge in [0.1, 0.15) is 17.7 Å². The van der Waals surface area contributed by atoms with Crippen LogP contribution in [0.4, 0.5) is 20.6 Å².